The highest BCUT2D eigenvalue weighted by Crippen LogP contribution is 2.26. The van der Waals surface area contributed by atoms with Crippen molar-refractivity contribution in [1.29, 1.82) is 0 Å². The fourth-order valence-corrected chi connectivity index (χ4v) is 3.06. The molecule has 0 aliphatic carbocycles. The van der Waals surface area contributed by atoms with Gasteiger partial charge in [-0.2, -0.15) is 0 Å². The van der Waals surface area contributed by atoms with Gasteiger partial charge in [0, 0.05) is 25.4 Å². The molecule has 0 radical (unpaired) electrons. The van der Waals surface area contributed by atoms with Crippen LogP contribution >= 0.6 is 0 Å². The molecule has 2 aliphatic rings. The molecule has 22 heavy (non-hydrogen) atoms. The van der Waals surface area contributed by atoms with E-state index in [1.54, 1.807) is 6.20 Å². The van der Waals surface area contributed by atoms with Crippen LogP contribution in [0.1, 0.15) is 37.3 Å². The quantitative estimate of drug-likeness (QED) is 0.666. The summed E-state index contributed by atoms with van der Waals surface area (Å²) in [7, 11) is 0. The van der Waals surface area contributed by atoms with Gasteiger partial charge < -0.3 is 9.69 Å². The molecule has 6 nitrogen and oxygen atoms in total. The van der Waals surface area contributed by atoms with Crippen LogP contribution in [-0.2, 0) is 14.4 Å². The molecule has 0 unspecified atom stereocenters. The molecular weight excluding hydrogens is 282 g/mol. The molecule has 0 aromatic carbocycles. The second kappa shape index (κ2) is 6.25. The molecule has 3 rings (SSSR count). The largest absolute Gasteiger partial charge is 0.370 e. The average molecular weight is 301 g/mol. The zero-order valence-corrected chi connectivity index (χ0v) is 12.3. The number of aldehydes is 1. The van der Waals surface area contributed by atoms with Crippen molar-refractivity contribution in [2.75, 3.05) is 18.0 Å². The van der Waals surface area contributed by atoms with E-state index in [0.29, 0.717) is 18.5 Å². The number of pyridine rings is 1. The Morgan fingerprint density at radius 2 is 1.95 bits per heavy atom. The zero-order chi connectivity index (χ0) is 15.5. The van der Waals surface area contributed by atoms with Crippen LogP contribution < -0.4 is 10.2 Å². The molecule has 116 valence electrons. The molecule has 0 saturated carbocycles. The molecule has 1 atom stereocenters. The number of aromatic nitrogens is 1. The predicted molar refractivity (Wildman–Crippen MR) is 80.4 cm³/mol. The number of hydrogen-bond acceptors (Lipinski definition) is 5. The second-order valence-electron chi connectivity index (χ2n) is 5.91. The van der Waals surface area contributed by atoms with E-state index < -0.39 is 0 Å². The Bertz CT molecular complexity index is 577. The topological polar surface area (TPSA) is 79.4 Å². The van der Waals surface area contributed by atoms with E-state index in [9.17, 15) is 14.4 Å². The van der Waals surface area contributed by atoms with Gasteiger partial charge >= 0.3 is 0 Å². The van der Waals surface area contributed by atoms with E-state index in [2.05, 4.69) is 15.2 Å². The number of hydrogen-bond donors (Lipinski definition) is 1. The van der Waals surface area contributed by atoms with E-state index in [1.165, 1.54) is 0 Å². The summed E-state index contributed by atoms with van der Waals surface area (Å²) in [5, 5.41) is 2.36. The lowest BCUT2D eigenvalue weighted by Gasteiger charge is -2.31. The molecule has 2 saturated heterocycles. The van der Waals surface area contributed by atoms with E-state index in [-0.39, 0.29) is 23.7 Å². The standard InChI is InChI=1S/C16H19N3O3/c20-10-11-5-7-19(8-6-11)12-1-3-14(17-9-12)13-2-4-15(21)18-16(13)22/h1,3,9-11,13H,2,4-8H2,(H,18,21,22)/t13-/m1/s1. The minimum Gasteiger partial charge on any atom is -0.370 e. The summed E-state index contributed by atoms with van der Waals surface area (Å²) < 4.78 is 0. The van der Waals surface area contributed by atoms with Gasteiger partial charge in [0.1, 0.15) is 6.29 Å². The third-order valence-electron chi connectivity index (χ3n) is 4.46. The number of carbonyl (C=O) groups is 3. The maximum Gasteiger partial charge on any atom is 0.235 e. The van der Waals surface area contributed by atoms with Crippen molar-refractivity contribution in [2.24, 2.45) is 5.92 Å². The third-order valence-corrected chi connectivity index (χ3v) is 4.46. The van der Waals surface area contributed by atoms with Crippen molar-refractivity contribution >= 4 is 23.8 Å². The van der Waals surface area contributed by atoms with E-state index in [0.717, 1.165) is 37.9 Å². The van der Waals surface area contributed by atoms with Crippen molar-refractivity contribution in [1.82, 2.24) is 10.3 Å². The number of amides is 2. The van der Waals surface area contributed by atoms with Crippen molar-refractivity contribution in [3.8, 4) is 0 Å². The van der Waals surface area contributed by atoms with Crippen molar-refractivity contribution < 1.29 is 14.4 Å². The average Bonchev–Trinajstić information content (AvgIpc) is 2.55. The van der Waals surface area contributed by atoms with Crippen molar-refractivity contribution in [3.05, 3.63) is 24.0 Å². The predicted octanol–water partition coefficient (Wildman–Crippen LogP) is 1.02. The number of nitrogens with zero attached hydrogens (tertiary/aromatic N) is 2. The maximum atomic E-state index is 11.8. The first-order valence-electron chi connectivity index (χ1n) is 7.67. The molecule has 2 aliphatic heterocycles. The summed E-state index contributed by atoms with van der Waals surface area (Å²) in [6.07, 6.45) is 5.44. The normalized spacial score (nSPS) is 23.3. The molecule has 6 heteroatoms. The van der Waals surface area contributed by atoms with Gasteiger partial charge in [-0.15, -0.1) is 0 Å². The number of rotatable bonds is 3. The molecule has 2 amide bonds. The maximum absolute atomic E-state index is 11.8. The summed E-state index contributed by atoms with van der Waals surface area (Å²) in [6, 6.07) is 3.83. The number of nitrogens with one attached hydrogen (secondary N) is 1. The van der Waals surface area contributed by atoms with Gasteiger partial charge in [0.2, 0.25) is 11.8 Å². The molecule has 0 bridgehead atoms. The first kappa shape index (κ1) is 14.7. The van der Waals surface area contributed by atoms with Crippen LogP contribution in [0.15, 0.2) is 18.3 Å². The first-order chi connectivity index (χ1) is 10.7. The van der Waals surface area contributed by atoms with Crippen molar-refractivity contribution in [3.63, 3.8) is 0 Å². The summed E-state index contributed by atoms with van der Waals surface area (Å²) >= 11 is 0. The fourth-order valence-electron chi connectivity index (χ4n) is 3.06. The highest BCUT2D eigenvalue weighted by molar-refractivity contribution is 6.00. The van der Waals surface area contributed by atoms with Gasteiger partial charge in [-0.1, -0.05) is 0 Å². The van der Waals surface area contributed by atoms with Crippen LogP contribution in [0.25, 0.3) is 0 Å². The van der Waals surface area contributed by atoms with Gasteiger partial charge in [0.05, 0.1) is 23.5 Å². The molecule has 1 aromatic heterocycles. The van der Waals surface area contributed by atoms with Crippen LogP contribution in [0.5, 0.6) is 0 Å². The number of imide groups is 1. The van der Waals surface area contributed by atoms with E-state index in [1.807, 2.05) is 12.1 Å². The van der Waals surface area contributed by atoms with Gasteiger partial charge in [0.15, 0.2) is 0 Å². The monoisotopic (exact) mass is 301 g/mol. The van der Waals surface area contributed by atoms with Crippen LogP contribution in [0.4, 0.5) is 5.69 Å². The molecule has 1 aromatic rings. The first-order valence-corrected chi connectivity index (χ1v) is 7.67. The zero-order valence-electron chi connectivity index (χ0n) is 12.3. The summed E-state index contributed by atoms with van der Waals surface area (Å²) in [6.45, 7) is 1.70. The lowest BCUT2D eigenvalue weighted by Crippen LogP contribution is -2.39. The molecule has 2 fully saturated rings. The fraction of sp³-hybridized carbons (Fsp3) is 0.500. The van der Waals surface area contributed by atoms with Gasteiger partial charge in [-0.05, 0) is 31.4 Å². The Balaban J connectivity index is 1.67. The second-order valence-corrected chi connectivity index (χ2v) is 5.91. The minimum atomic E-state index is -0.340. The molecule has 1 N–H and O–H groups in total. The Labute approximate surface area is 128 Å². The summed E-state index contributed by atoms with van der Waals surface area (Å²) in [5.41, 5.74) is 1.72. The molecule has 3 heterocycles. The SMILES string of the molecule is O=CC1CCN(c2ccc([C@H]3CCC(=O)NC3=O)nc2)CC1. The van der Waals surface area contributed by atoms with Gasteiger partial charge in [-0.25, -0.2) is 0 Å². The minimum absolute atomic E-state index is 0.173. The Morgan fingerprint density at radius 3 is 2.55 bits per heavy atom. The lowest BCUT2D eigenvalue weighted by molar-refractivity contribution is -0.134. The van der Waals surface area contributed by atoms with Crippen LogP contribution in [0.2, 0.25) is 0 Å². The van der Waals surface area contributed by atoms with Crippen LogP contribution in [0.3, 0.4) is 0 Å². The number of carbonyl (C=O) groups excluding carboxylic acids is 3. The molecule has 0 spiro atoms. The third kappa shape index (κ3) is 3.00. The lowest BCUT2D eigenvalue weighted by atomic mass is 9.94. The summed E-state index contributed by atoms with van der Waals surface area (Å²) in [4.78, 5) is 40.4. The molecular formula is C16H19N3O3. The summed E-state index contributed by atoms with van der Waals surface area (Å²) in [5.74, 6) is -0.640. The number of piperidine rings is 2. The van der Waals surface area contributed by atoms with E-state index >= 15 is 0 Å². The van der Waals surface area contributed by atoms with Crippen LogP contribution in [0, 0.1) is 5.92 Å². The van der Waals surface area contributed by atoms with Crippen molar-refractivity contribution in [2.45, 2.75) is 31.6 Å². The smallest absolute Gasteiger partial charge is 0.235 e. The Hall–Kier alpha value is -2.24. The van der Waals surface area contributed by atoms with Crippen LogP contribution in [-0.4, -0.2) is 36.2 Å². The van der Waals surface area contributed by atoms with E-state index in [4.69, 9.17) is 0 Å². The Kier molecular flexibility index (Phi) is 4.18. The van der Waals surface area contributed by atoms with Gasteiger partial charge in [-0.3, -0.25) is 19.9 Å². The highest BCUT2D eigenvalue weighted by Gasteiger charge is 2.29. The Morgan fingerprint density at radius 1 is 1.18 bits per heavy atom. The van der Waals surface area contributed by atoms with Gasteiger partial charge in [0.25, 0.3) is 0 Å². The number of anilines is 1. The highest BCUT2D eigenvalue weighted by atomic mass is 16.2.